The maximum Gasteiger partial charge on any atom is 0.119 e. The zero-order chi connectivity index (χ0) is 12.5. The lowest BCUT2D eigenvalue weighted by molar-refractivity contribution is 0.415. The molecule has 0 aromatic heterocycles. The van der Waals surface area contributed by atoms with E-state index in [1.54, 1.807) is 7.11 Å². The molecule has 0 unspecified atom stereocenters. The third kappa shape index (κ3) is 1.78. The molecule has 2 N–H and O–H groups in total. The minimum Gasteiger partial charge on any atom is -0.497 e. The van der Waals surface area contributed by atoms with Crippen LogP contribution in [-0.4, -0.2) is 13.7 Å². The maximum absolute atomic E-state index is 5.82. The van der Waals surface area contributed by atoms with Gasteiger partial charge in [-0.15, -0.1) is 0 Å². The lowest BCUT2D eigenvalue weighted by Crippen LogP contribution is -2.12. The summed E-state index contributed by atoms with van der Waals surface area (Å²) in [6.45, 7) is 1.01. The minimum atomic E-state index is 0.838. The molecule has 0 saturated heterocycles. The maximum atomic E-state index is 5.82. The number of anilines is 3. The zero-order valence-corrected chi connectivity index (χ0v) is 10.4. The topological polar surface area (TPSA) is 38.5 Å². The molecule has 0 fully saturated rings. The van der Waals surface area contributed by atoms with Crippen molar-refractivity contribution in [3.63, 3.8) is 0 Å². The highest BCUT2D eigenvalue weighted by Crippen LogP contribution is 2.35. The van der Waals surface area contributed by atoms with Crippen LogP contribution in [0.25, 0.3) is 0 Å². The predicted molar refractivity (Wildman–Crippen MR) is 74.6 cm³/mol. The van der Waals surface area contributed by atoms with Crippen molar-refractivity contribution >= 4 is 17.1 Å². The summed E-state index contributed by atoms with van der Waals surface area (Å²) in [7, 11) is 1.68. The van der Waals surface area contributed by atoms with Crippen molar-refractivity contribution in [3.8, 4) is 5.75 Å². The highest BCUT2D eigenvalue weighted by Gasteiger charge is 2.20. The number of nitrogens with two attached hydrogens (primary N) is 1. The molecular formula is C15H16N2O. The van der Waals surface area contributed by atoms with Crippen LogP contribution < -0.4 is 15.4 Å². The van der Waals surface area contributed by atoms with E-state index in [1.807, 2.05) is 18.2 Å². The zero-order valence-electron chi connectivity index (χ0n) is 10.4. The van der Waals surface area contributed by atoms with Crippen molar-refractivity contribution in [1.29, 1.82) is 0 Å². The lowest BCUT2D eigenvalue weighted by Gasteiger charge is -2.19. The van der Waals surface area contributed by atoms with Gasteiger partial charge in [0, 0.05) is 23.6 Å². The Labute approximate surface area is 107 Å². The summed E-state index contributed by atoms with van der Waals surface area (Å²) in [6.07, 6.45) is 1.05. The summed E-state index contributed by atoms with van der Waals surface area (Å²) in [5.41, 5.74) is 10.4. The van der Waals surface area contributed by atoms with Crippen LogP contribution in [0.5, 0.6) is 5.75 Å². The fraction of sp³-hybridized carbons (Fsp3) is 0.200. The number of hydrogen-bond acceptors (Lipinski definition) is 3. The number of methoxy groups -OCH3 is 1. The molecule has 0 bridgehead atoms. The standard InChI is InChI=1S/C15H16N2O/c1-18-14-5-3-13(4-6-14)17-9-8-11-10-12(16)2-7-15(11)17/h2-7,10H,8-9,16H2,1H3. The number of nitrogens with zero attached hydrogens (tertiary/aromatic N) is 1. The Morgan fingerprint density at radius 2 is 1.89 bits per heavy atom. The first kappa shape index (κ1) is 11.0. The van der Waals surface area contributed by atoms with E-state index in [0.717, 1.165) is 24.4 Å². The van der Waals surface area contributed by atoms with Gasteiger partial charge in [0.05, 0.1) is 7.11 Å². The molecule has 3 nitrogen and oxygen atoms in total. The Balaban J connectivity index is 1.95. The van der Waals surface area contributed by atoms with Crippen LogP contribution in [0.15, 0.2) is 42.5 Å². The Hall–Kier alpha value is -2.16. The van der Waals surface area contributed by atoms with Crippen molar-refractivity contribution in [2.24, 2.45) is 0 Å². The molecule has 0 aliphatic carbocycles. The van der Waals surface area contributed by atoms with E-state index >= 15 is 0 Å². The Kier molecular flexibility index (Phi) is 2.59. The molecule has 18 heavy (non-hydrogen) atoms. The Morgan fingerprint density at radius 1 is 1.11 bits per heavy atom. The summed E-state index contributed by atoms with van der Waals surface area (Å²) in [4.78, 5) is 2.31. The van der Waals surface area contributed by atoms with Crippen molar-refractivity contribution in [3.05, 3.63) is 48.0 Å². The molecule has 92 valence electrons. The predicted octanol–water partition coefficient (Wildman–Crippen LogP) is 2.97. The fourth-order valence-corrected chi connectivity index (χ4v) is 2.45. The van der Waals surface area contributed by atoms with E-state index in [9.17, 15) is 0 Å². The quantitative estimate of drug-likeness (QED) is 0.820. The molecule has 3 heteroatoms. The van der Waals surface area contributed by atoms with Crippen LogP contribution in [0, 0.1) is 0 Å². The largest absolute Gasteiger partial charge is 0.497 e. The second kappa shape index (κ2) is 4.26. The van der Waals surface area contributed by atoms with E-state index in [-0.39, 0.29) is 0 Å². The molecule has 0 radical (unpaired) electrons. The van der Waals surface area contributed by atoms with E-state index in [2.05, 4.69) is 29.2 Å². The molecule has 0 amide bonds. The average Bonchev–Trinajstić information content (AvgIpc) is 2.81. The third-order valence-corrected chi connectivity index (χ3v) is 3.38. The van der Waals surface area contributed by atoms with E-state index in [4.69, 9.17) is 10.5 Å². The smallest absolute Gasteiger partial charge is 0.119 e. The van der Waals surface area contributed by atoms with Crippen LogP contribution >= 0.6 is 0 Å². The number of ether oxygens (including phenoxy) is 1. The molecule has 0 saturated carbocycles. The number of benzene rings is 2. The van der Waals surface area contributed by atoms with Crippen LogP contribution in [0.1, 0.15) is 5.56 Å². The van der Waals surface area contributed by atoms with Crippen LogP contribution in [0.4, 0.5) is 17.1 Å². The van der Waals surface area contributed by atoms with Crippen LogP contribution in [-0.2, 0) is 6.42 Å². The molecular weight excluding hydrogens is 224 g/mol. The van der Waals surface area contributed by atoms with Crippen LogP contribution in [0.2, 0.25) is 0 Å². The highest BCUT2D eigenvalue weighted by molar-refractivity contribution is 5.72. The lowest BCUT2D eigenvalue weighted by atomic mass is 10.1. The molecule has 3 rings (SSSR count). The van der Waals surface area contributed by atoms with Gasteiger partial charge < -0.3 is 15.4 Å². The van der Waals surface area contributed by atoms with Gasteiger partial charge in [0.25, 0.3) is 0 Å². The first-order valence-electron chi connectivity index (χ1n) is 6.08. The minimum absolute atomic E-state index is 0.838. The molecule has 2 aromatic rings. The SMILES string of the molecule is COc1ccc(N2CCc3cc(N)ccc32)cc1. The normalized spacial score (nSPS) is 13.5. The molecule has 0 atom stereocenters. The number of fused-ring (bicyclic) bond motifs is 1. The summed E-state index contributed by atoms with van der Waals surface area (Å²) in [5.74, 6) is 0.885. The van der Waals surface area contributed by atoms with Gasteiger partial charge in [-0.1, -0.05) is 0 Å². The van der Waals surface area contributed by atoms with Gasteiger partial charge in [0.15, 0.2) is 0 Å². The van der Waals surface area contributed by atoms with Gasteiger partial charge in [-0.25, -0.2) is 0 Å². The van der Waals surface area contributed by atoms with E-state index in [1.165, 1.54) is 16.9 Å². The summed E-state index contributed by atoms with van der Waals surface area (Å²) >= 11 is 0. The Morgan fingerprint density at radius 3 is 2.61 bits per heavy atom. The molecule has 1 aliphatic heterocycles. The molecule has 2 aromatic carbocycles. The monoisotopic (exact) mass is 240 g/mol. The number of nitrogen functional groups attached to an aromatic ring is 1. The van der Waals surface area contributed by atoms with E-state index in [0.29, 0.717) is 0 Å². The summed E-state index contributed by atoms with van der Waals surface area (Å²) in [5, 5.41) is 0. The van der Waals surface area contributed by atoms with Crippen molar-refractivity contribution in [1.82, 2.24) is 0 Å². The van der Waals surface area contributed by atoms with E-state index < -0.39 is 0 Å². The van der Waals surface area contributed by atoms with Gasteiger partial charge >= 0.3 is 0 Å². The Bertz CT molecular complexity index is 563. The summed E-state index contributed by atoms with van der Waals surface area (Å²) < 4.78 is 5.18. The van der Waals surface area contributed by atoms with Crippen LogP contribution in [0.3, 0.4) is 0 Å². The fourth-order valence-electron chi connectivity index (χ4n) is 2.45. The third-order valence-electron chi connectivity index (χ3n) is 3.38. The van der Waals surface area contributed by atoms with Crippen molar-refractivity contribution < 1.29 is 4.74 Å². The molecule has 0 spiro atoms. The first-order valence-corrected chi connectivity index (χ1v) is 6.08. The summed E-state index contributed by atoms with van der Waals surface area (Å²) in [6, 6.07) is 14.3. The van der Waals surface area contributed by atoms with Gasteiger partial charge in [-0.3, -0.25) is 0 Å². The average molecular weight is 240 g/mol. The van der Waals surface area contributed by atoms with Gasteiger partial charge in [0.2, 0.25) is 0 Å². The van der Waals surface area contributed by atoms with Crippen molar-refractivity contribution in [2.75, 3.05) is 24.3 Å². The second-order valence-electron chi connectivity index (χ2n) is 4.49. The van der Waals surface area contributed by atoms with Gasteiger partial charge in [-0.2, -0.15) is 0 Å². The second-order valence-corrected chi connectivity index (χ2v) is 4.49. The number of hydrogen-bond donors (Lipinski definition) is 1. The molecule has 1 heterocycles. The molecule has 1 aliphatic rings. The van der Waals surface area contributed by atoms with Crippen molar-refractivity contribution in [2.45, 2.75) is 6.42 Å². The highest BCUT2D eigenvalue weighted by atomic mass is 16.5. The first-order chi connectivity index (χ1) is 8.78. The van der Waals surface area contributed by atoms with Gasteiger partial charge in [-0.05, 0) is 54.4 Å². The van der Waals surface area contributed by atoms with Gasteiger partial charge in [0.1, 0.15) is 5.75 Å². The number of rotatable bonds is 2.